The van der Waals surface area contributed by atoms with Gasteiger partial charge in [0.1, 0.15) is 11.5 Å². The average Bonchev–Trinajstić information content (AvgIpc) is 3.47. The fourth-order valence-corrected chi connectivity index (χ4v) is 3.45. The van der Waals surface area contributed by atoms with Crippen LogP contribution in [-0.4, -0.2) is 53.6 Å². The van der Waals surface area contributed by atoms with Crippen LogP contribution in [-0.2, 0) is 16.5 Å². The topological polar surface area (TPSA) is 139 Å². The van der Waals surface area contributed by atoms with Crippen LogP contribution in [0.25, 0.3) is 22.6 Å². The summed E-state index contributed by atoms with van der Waals surface area (Å²) in [7, 11) is 1.76. The van der Waals surface area contributed by atoms with Crippen LogP contribution in [0.1, 0.15) is 36.0 Å². The summed E-state index contributed by atoms with van der Waals surface area (Å²) in [6, 6.07) is 10.7. The highest BCUT2D eigenvalue weighted by Crippen LogP contribution is 2.31. The Morgan fingerprint density at radius 2 is 1.94 bits per heavy atom. The van der Waals surface area contributed by atoms with Crippen molar-refractivity contribution in [3.63, 3.8) is 0 Å². The minimum absolute atomic E-state index is 0.190. The highest BCUT2D eigenvalue weighted by atomic mass is 16.7. The minimum Gasteiger partial charge on any atom is -0.435 e. The standard InChI is InChI=1S/C23H24N8O4/c1-5-34-23(33)35-15(3)31-21(27-28-29-31)19-18(13-25-30(19)4)16-8-10-17(11-9-16)22(32)26-20-14(2)7-6-12-24-20/h6-13,15H,5H2,1-4H3,(H,24,26,32). The van der Waals surface area contributed by atoms with E-state index < -0.39 is 12.4 Å². The number of aryl methyl sites for hydroxylation is 2. The Morgan fingerprint density at radius 1 is 1.17 bits per heavy atom. The molecule has 1 N–H and O–H groups in total. The lowest BCUT2D eigenvalue weighted by Gasteiger charge is -2.14. The molecule has 0 aliphatic rings. The van der Waals surface area contributed by atoms with Crippen molar-refractivity contribution in [3.8, 4) is 22.6 Å². The zero-order chi connectivity index (χ0) is 24.9. The van der Waals surface area contributed by atoms with Gasteiger partial charge in [0.2, 0.25) is 5.82 Å². The third-order valence-electron chi connectivity index (χ3n) is 5.22. The van der Waals surface area contributed by atoms with E-state index in [2.05, 4.69) is 30.9 Å². The maximum atomic E-state index is 12.7. The Labute approximate surface area is 200 Å². The number of nitrogens with one attached hydrogen (secondary N) is 1. The maximum absolute atomic E-state index is 12.7. The molecule has 0 aliphatic heterocycles. The Hall–Kier alpha value is -4.61. The van der Waals surface area contributed by atoms with Crippen LogP contribution in [0.4, 0.5) is 10.6 Å². The summed E-state index contributed by atoms with van der Waals surface area (Å²) in [5, 5.41) is 19.0. The fraction of sp³-hybridized carbons (Fsp3) is 0.261. The summed E-state index contributed by atoms with van der Waals surface area (Å²) >= 11 is 0. The van der Waals surface area contributed by atoms with E-state index in [4.69, 9.17) is 9.47 Å². The number of anilines is 1. The highest BCUT2D eigenvalue weighted by molar-refractivity contribution is 6.04. The van der Waals surface area contributed by atoms with Gasteiger partial charge in [0.05, 0.1) is 12.8 Å². The summed E-state index contributed by atoms with van der Waals surface area (Å²) < 4.78 is 13.1. The van der Waals surface area contributed by atoms with Gasteiger partial charge >= 0.3 is 6.16 Å². The van der Waals surface area contributed by atoms with Gasteiger partial charge in [0.25, 0.3) is 5.91 Å². The molecule has 0 saturated carbocycles. The quantitative estimate of drug-likeness (QED) is 0.398. The molecule has 12 heteroatoms. The van der Waals surface area contributed by atoms with Crippen LogP contribution in [0.3, 0.4) is 0 Å². The van der Waals surface area contributed by atoms with Crippen molar-refractivity contribution in [1.82, 2.24) is 35.0 Å². The second-order valence-corrected chi connectivity index (χ2v) is 7.58. The number of amides is 1. The normalized spacial score (nSPS) is 11.7. The van der Waals surface area contributed by atoms with Crippen LogP contribution >= 0.6 is 0 Å². The lowest BCUT2D eigenvalue weighted by molar-refractivity contribution is 0.00140. The smallest absolute Gasteiger partial charge is 0.435 e. The molecule has 3 aromatic heterocycles. The first-order chi connectivity index (χ1) is 16.9. The molecule has 0 aliphatic carbocycles. The molecule has 1 unspecified atom stereocenters. The molecular formula is C23H24N8O4. The van der Waals surface area contributed by atoms with E-state index in [9.17, 15) is 9.59 Å². The Balaban J connectivity index is 1.59. The number of rotatable bonds is 7. The monoisotopic (exact) mass is 476 g/mol. The molecule has 1 atom stereocenters. The minimum atomic E-state index is -0.818. The molecule has 4 aromatic rings. The van der Waals surface area contributed by atoms with E-state index in [1.807, 2.05) is 31.2 Å². The molecule has 4 rings (SSSR count). The van der Waals surface area contributed by atoms with E-state index >= 15 is 0 Å². The maximum Gasteiger partial charge on any atom is 0.510 e. The van der Waals surface area contributed by atoms with Gasteiger partial charge in [-0.1, -0.05) is 18.2 Å². The number of hydrogen-bond acceptors (Lipinski definition) is 9. The Morgan fingerprint density at radius 3 is 2.66 bits per heavy atom. The van der Waals surface area contributed by atoms with E-state index in [0.717, 1.165) is 16.7 Å². The van der Waals surface area contributed by atoms with Crippen LogP contribution < -0.4 is 5.32 Å². The van der Waals surface area contributed by atoms with E-state index in [0.29, 0.717) is 22.9 Å². The van der Waals surface area contributed by atoms with Gasteiger partial charge in [-0.2, -0.15) is 9.78 Å². The molecule has 0 radical (unpaired) electrons. The number of ether oxygens (including phenoxy) is 2. The molecule has 0 fully saturated rings. The van der Waals surface area contributed by atoms with E-state index in [1.54, 1.807) is 50.1 Å². The number of benzene rings is 1. The van der Waals surface area contributed by atoms with Crippen molar-refractivity contribution in [2.24, 2.45) is 7.05 Å². The second-order valence-electron chi connectivity index (χ2n) is 7.58. The summed E-state index contributed by atoms with van der Waals surface area (Å²) in [6.45, 7) is 5.38. The summed E-state index contributed by atoms with van der Waals surface area (Å²) in [5.41, 5.74) is 3.49. The molecule has 0 saturated heterocycles. The number of carbonyl (C=O) groups excluding carboxylic acids is 2. The molecule has 1 aromatic carbocycles. The number of carbonyl (C=O) groups is 2. The molecule has 180 valence electrons. The van der Waals surface area contributed by atoms with Gasteiger partial charge in [0.15, 0.2) is 6.23 Å². The van der Waals surface area contributed by atoms with Gasteiger partial charge in [-0.3, -0.25) is 9.48 Å². The lowest BCUT2D eigenvalue weighted by Crippen LogP contribution is -2.18. The largest absolute Gasteiger partial charge is 0.510 e. The highest BCUT2D eigenvalue weighted by Gasteiger charge is 2.24. The average molecular weight is 476 g/mol. The molecule has 1 amide bonds. The zero-order valence-corrected chi connectivity index (χ0v) is 19.7. The number of hydrogen-bond donors (Lipinski definition) is 1. The summed E-state index contributed by atoms with van der Waals surface area (Å²) in [4.78, 5) is 28.6. The number of pyridine rings is 1. The van der Waals surface area contributed by atoms with Crippen molar-refractivity contribution < 1.29 is 19.1 Å². The lowest BCUT2D eigenvalue weighted by atomic mass is 10.0. The van der Waals surface area contributed by atoms with Gasteiger partial charge in [-0.05, 0) is 60.5 Å². The van der Waals surface area contributed by atoms with Crippen LogP contribution in [0, 0.1) is 6.92 Å². The van der Waals surface area contributed by atoms with Crippen LogP contribution in [0.2, 0.25) is 0 Å². The van der Waals surface area contributed by atoms with Crippen LogP contribution in [0.5, 0.6) is 0 Å². The van der Waals surface area contributed by atoms with Gasteiger partial charge in [-0.25, -0.2) is 9.78 Å². The predicted molar refractivity (Wildman–Crippen MR) is 125 cm³/mol. The van der Waals surface area contributed by atoms with Crippen molar-refractivity contribution in [2.45, 2.75) is 27.0 Å². The summed E-state index contributed by atoms with van der Waals surface area (Å²) in [5.74, 6) is 0.602. The van der Waals surface area contributed by atoms with Crippen molar-refractivity contribution >= 4 is 17.9 Å². The van der Waals surface area contributed by atoms with Gasteiger partial charge < -0.3 is 14.8 Å². The van der Waals surface area contributed by atoms with Gasteiger partial charge in [0, 0.05) is 24.4 Å². The number of tetrazole rings is 1. The fourth-order valence-electron chi connectivity index (χ4n) is 3.45. The Kier molecular flexibility index (Phi) is 6.81. The van der Waals surface area contributed by atoms with Crippen molar-refractivity contribution in [1.29, 1.82) is 0 Å². The first kappa shape index (κ1) is 23.5. The third-order valence-corrected chi connectivity index (χ3v) is 5.22. The van der Waals surface area contributed by atoms with Crippen LogP contribution in [0.15, 0.2) is 48.8 Å². The first-order valence-electron chi connectivity index (χ1n) is 10.9. The molecule has 0 spiro atoms. The van der Waals surface area contributed by atoms with E-state index in [-0.39, 0.29) is 12.5 Å². The number of nitrogens with zero attached hydrogens (tertiary/aromatic N) is 7. The molecule has 3 heterocycles. The molecular weight excluding hydrogens is 452 g/mol. The number of aromatic nitrogens is 7. The van der Waals surface area contributed by atoms with Gasteiger partial charge in [-0.15, -0.1) is 5.10 Å². The Bertz CT molecular complexity index is 1350. The van der Waals surface area contributed by atoms with Crippen molar-refractivity contribution in [3.05, 3.63) is 59.9 Å². The molecule has 12 nitrogen and oxygen atoms in total. The second kappa shape index (κ2) is 10.1. The summed E-state index contributed by atoms with van der Waals surface area (Å²) in [6.07, 6.45) is 1.67. The SMILES string of the molecule is CCOC(=O)OC(C)n1nnnc1-c1c(-c2ccc(C(=O)Nc3ncccc3C)cc2)cnn1C. The third kappa shape index (κ3) is 5.00. The van der Waals surface area contributed by atoms with E-state index in [1.165, 1.54) is 4.68 Å². The molecule has 35 heavy (non-hydrogen) atoms. The predicted octanol–water partition coefficient (Wildman–Crippen LogP) is 3.39. The zero-order valence-electron chi connectivity index (χ0n) is 19.7. The molecule has 0 bridgehead atoms. The first-order valence-corrected chi connectivity index (χ1v) is 10.9. The van der Waals surface area contributed by atoms with Crippen molar-refractivity contribution in [2.75, 3.05) is 11.9 Å².